The molecule has 46 heavy (non-hydrogen) atoms. The number of aliphatic hydroxyl groups is 1. The molecule has 0 saturated carbocycles. The summed E-state index contributed by atoms with van der Waals surface area (Å²) < 4.78 is 95.8. The molecule has 0 heterocycles. The fourth-order valence-electron chi connectivity index (χ4n) is 5.20. The summed E-state index contributed by atoms with van der Waals surface area (Å²) in [6, 6.07) is 28.0. The van der Waals surface area contributed by atoms with Crippen molar-refractivity contribution in [2.24, 2.45) is 0 Å². The average Bonchev–Trinajstić information content (AvgIpc) is 3.06. The molecule has 1 amide bonds. The van der Waals surface area contributed by atoms with Gasteiger partial charge in [0.15, 0.2) is 7.14 Å². The van der Waals surface area contributed by atoms with Crippen molar-refractivity contribution in [3.05, 3.63) is 150 Å². The molecule has 236 valence electrons. The zero-order chi connectivity index (χ0) is 33.1. The summed E-state index contributed by atoms with van der Waals surface area (Å²) in [4.78, 5) is 13.6. The van der Waals surface area contributed by atoms with E-state index in [1.54, 1.807) is 66.7 Å². The molecule has 0 radical (unpaired) electrons. The lowest BCUT2D eigenvalue weighted by Gasteiger charge is -2.24. The number of rotatable bonds is 8. The number of nitrogens with one attached hydrogen (secondary N) is 1. The monoisotopic (exact) mass is 653 g/mol. The van der Waals surface area contributed by atoms with E-state index in [-0.39, 0.29) is 27.0 Å². The molecule has 4 nitrogen and oxygen atoms in total. The third-order valence-electron chi connectivity index (χ3n) is 7.51. The largest absolute Gasteiger partial charge is 0.416 e. The minimum atomic E-state index is -4.67. The van der Waals surface area contributed by atoms with E-state index in [1.807, 2.05) is 0 Å². The lowest BCUT2D eigenvalue weighted by atomic mass is 9.98. The number of benzene rings is 5. The third kappa shape index (κ3) is 6.64. The number of carbonyl (C=O) groups excluding carboxylic acids is 1. The Morgan fingerprint density at radius 2 is 1.09 bits per heavy atom. The fraction of sp³-hybridized carbons (Fsp3) is 0.114. The molecular formula is C35H26F6NO3P. The quantitative estimate of drug-likeness (QED) is 0.135. The Kier molecular flexibility index (Phi) is 9.24. The predicted octanol–water partition coefficient (Wildman–Crippen LogP) is 7.49. The molecule has 0 aliphatic rings. The molecule has 0 aromatic heterocycles. The van der Waals surface area contributed by atoms with E-state index in [1.165, 1.54) is 12.1 Å². The standard InChI is InChI=1S/C35H26F6NO3P/c36-34(37,38)24-14-18-26(19-15-24)46(45,27-20-16-25(17-21-27)35(39,40)41)32-13-7-6-11-29(32)28-10-4-5-12-30(28)33(44)42-31(22-43)23-8-2-1-3-9-23/h1-21,31,43H,22H2,(H,42,44)/t31-/m1/s1. The number of hydrogen-bond donors (Lipinski definition) is 2. The Hall–Kier alpha value is -4.66. The van der Waals surface area contributed by atoms with Gasteiger partial charge in [-0.15, -0.1) is 0 Å². The molecule has 0 fully saturated rings. The van der Waals surface area contributed by atoms with Crippen LogP contribution in [0.2, 0.25) is 0 Å². The SMILES string of the molecule is O=C(N[C@H](CO)c1ccccc1)c1ccccc1-c1ccccc1P(=O)(c1ccc(C(F)(F)F)cc1)c1ccc(C(F)(F)F)cc1. The van der Waals surface area contributed by atoms with Gasteiger partial charge in [0.05, 0.1) is 23.8 Å². The summed E-state index contributed by atoms with van der Waals surface area (Å²) in [6.45, 7) is -0.397. The van der Waals surface area contributed by atoms with Crippen molar-refractivity contribution in [3.63, 3.8) is 0 Å². The lowest BCUT2D eigenvalue weighted by molar-refractivity contribution is -0.138. The molecule has 5 rings (SSSR count). The Labute approximate surface area is 260 Å². The third-order valence-corrected chi connectivity index (χ3v) is 10.6. The van der Waals surface area contributed by atoms with Gasteiger partial charge in [0.25, 0.3) is 5.91 Å². The van der Waals surface area contributed by atoms with Crippen molar-refractivity contribution in [1.82, 2.24) is 5.32 Å². The average molecular weight is 654 g/mol. The molecule has 0 unspecified atom stereocenters. The van der Waals surface area contributed by atoms with Gasteiger partial charge < -0.3 is 15.0 Å². The van der Waals surface area contributed by atoms with Gasteiger partial charge >= 0.3 is 12.4 Å². The zero-order valence-electron chi connectivity index (χ0n) is 23.9. The molecule has 0 saturated heterocycles. The van der Waals surface area contributed by atoms with Crippen molar-refractivity contribution in [2.45, 2.75) is 18.4 Å². The van der Waals surface area contributed by atoms with E-state index in [4.69, 9.17) is 0 Å². The van der Waals surface area contributed by atoms with Crippen LogP contribution in [0, 0.1) is 0 Å². The number of aliphatic hydroxyl groups excluding tert-OH is 1. The summed E-state index contributed by atoms with van der Waals surface area (Å²) in [5.74, 6) is -0.563. The van der Waals surface area contributed by atoms with E-state index in [0.717, 1.165) is 48.5 Å². The number of amides is 1. The van der Waals surface area contributed by atoms with Crippen LogP contribution >= 0.6 is 7.14 Å². The Bertz CT molecular complexity index is 1810. The molecule has 1 atom stereocenters. The minimum absolute atomic E-state index is 0.0425. The summed E-state index contributed by atoms with van der Waals surface area (Å²) in [5.41, 5.74) is -0.554. The van der Waals surface area contributed by atoms with Gasteiger partial charge in [0.2, 0.25) is 0 Å². The van der Waals surface area contributed by atoms with Gasteiger partial charge in [0, 0.05) is 21.5 Å². The second-order valence-corrected chi connectivity index (χ2v) is 13.1. The van der Waals surface area contributed by atoms with Crippen LogP contribution in [-0.2, 0) is 16.9 Å². The topological polar surface area (TPSA) is 66.4 Å². The second-order valence-electron chi connectivity index (χ2n) is 10.4. The minimum Gasteiger partial charge on any atom is -0.394 e. The van der Waals surface area contributed by atoms with Crippen LogP contribution in [0.15, 0.2) is 127 Å². The van der Waals surface area contributed by atoms with E-state index in [9.17, 15) is 36.2 Å². The van der Waals surface area contributed by atoms with E-state index in [2.05, 4.69) is 5.32 Å². The fourth-order valence-corrected chi connectivity index (χ4v) is 8.02. The maximum atomic E-state index is 15.3. The van der Waals surface area contributed by atoms with Gasteiger partial charge in [-0.25, -0.2) is 0 Å². The zero-order valence-corrected chi connectivity index (χ0v) is 24.8. The number of carbonyl (C=O) groups is 1. The first-order valence-electron chi connectivity index (χ1n) is 14.0. The summed E-state index contributed by atoms with van der Waals surface area (Å²) >= 11 is 0. The van der Waals surface area contributed by atoms with E-state index < -0.39 is 49.2 Å². The van der Waals surface area contributed by atoms with Crippen LogP contribution < -0.4 is 21.2 Å². The van der Waals surface area contributed by atoms with Crippen LogP contribution in [0.1, 0.15) is 33.1 Å². The first-order chi connectivity index (χ1) is 21.8. The molecule has 5 aromatic carbocycles. The lowest BCUT2D eigenvalue weighted by Crippen LogP contribution is -2.31. The predicted molar refractivity (Wildman–Crippen MR) is 165 cm³/mol. The van der Waals surface area contributed by atoms with Crippen LogP contribution in [0.3, 0.4) is 0 Å². The van der Waals surface area contributed by atoms with Crippen molar-refractivity contribution in [1.29, 1.82) is 0 Å². The molecule has 0 spiro atoms. The van der Waals surface area contributed by atoms with Gasteiger partial charge in [0.1, 0.15) is 0 Å². The second kappa shape index (κ2) is 13.0. The van der Waals surface area contributed by atoms with Crippen molar-refractivity contribution in [2.75, 3.05) is 6.61 Å². The molecule has 0 bridgehead atoms. The van der Waals surface area contributed by atoms with Crippen LogP contribution in [-0.4, -0.2) is 17.6 Å². The molecular weight excluding hydrogens is 627 g/mol. The maximum absolute atomic E-state index is 15.3. The summed E-state index contributed by atoms with van der Waals surface area (Å²) in [5, 5.41) is 12.8. The first-order valence-corrected chi connectivity index (χ1v) is 15.7. The smallest absolute Gasteiger partial charge is 0.394 e. The number of alkyl halides is 6. The molecule has 0 aliphatic heterocycles. The van der Waals surface area contributed by atoms with Crippen molar-refractivity contribution >= 4 is 29.0 Å². The highest BCUT2D eigenvalue weighted by Crippen LogP contribution is 2.46. The highest BCUT2D eigenvalue weighted by Gasteiger charge is 2.37. The summed E-state index contributed by atoms with van der Waals surface area (Å²) in [6.07, 6.45) is -9.35. The Morgan fingerprint density at radius 3 is 1.59 bits per heavy atom. The Balaban J connectivity index is 1.67. The Morgan fingerprint density at radius 1 is 0.630 bits per heavy atom. The van der Waals surface area contributed by atoms with Gasteiger partial charge in [-0.05, 0) is 47.0 Å². The van der Waals surface area contributed by atoms with Gasteiger partial charge in [-0.3, -0.25) is 4.79 Å². The molecule has 2 N–H and O–H groups in total. The highest BCUT2D eigenvalue weighted by molar-refractivity contribution is 7.85. The number of halogens is 6. The maximum Gasteiger partial charge on any atom is 0.416 e. The van der Waals surface area contributed by atoms with E-state index in [0.29, 0.717) is 11.1 Å². The first kappa shape index (κ1) is 32.7. The molecule has 0 aliphatic carbocycles. The van der Waals surface area contributed by atoms with Crippen LogP contribution in [0.25, 0.3) is 11.1 Å². The normalized spacial score (nSPS) is 12.8. The van der Waals surface area contributed by atoms with Crippen LogP contribution in [0.5, 0.6) is 0 Å². The highest BCUT2D eigenvalue weighted by atomic mass is 31.2. The van der Waals surface area contributed by atoms with Gasteiger partial charge in [-0.1, -0.05) is 97.1 Å². The van der Waals surface area contributed by atoms with Crippen LogP contribution in [0.4, 0.5) is 26.3 Å². The van der Waals surface area contributed by atoms with Crippen molar-refractivity contribution < 1.29 is 40.8 Å². The number of hydrogen-bond acceptors (Lipinski definition) is 3. The van der Waals surface area contributed by atoms with E-state index >= 15 is 4.57 Å². The molecule has 5 aromatic rings. The van der Waals surface area contributed by atoms with Crippen molar-refractivity contribution in [3.8, 4) is 11.1 Å². The van der Waals surface area contributed by atoms with Gasteiger partial charge in [-0.2, -0.15) is 26.3 Å². The summed E-state index contributed by atoms with van der Waals surface area (Å²) in [7, 11) is -4.16. The molecule has 11 heteroatoms.